The van der Waals surface area contributed by atoms with Crippen molar-refractivity contribution in [3.05, 3.63) is 24.3 Å². The van der Waals surface area contributed by atoms with Crippen LogP contribution in [0.1, 0.15) is 26.7 Å². The Hall–Kier alpha value is -0.600. The first-order valence-corrected chi connectivity index (χ1v) is 4.43. The summed E-state index contributed by atoms with van der Waals surface area (Å²) in [5, 5.41) is 1.70. The molecule has 0 aromatic carbocycles. The minimum Gasteiger partial charge on any atom is -0.268 e. The number of nitrogens with two attached hydrogens (primary N) is 1. The minimum absolute atomic E-state index is 0.258. The first-order valence-electron chi connectivity index (χ1n) is 4.43. The number of hydrazine groups is 1. The van der Waals surface area contributed by atoms with E-state index >= 15 is 0 Å². The molecular formula is C10H20N2. The molecule has 0 aromatic heterocycles. The van der Waals surface area contributed by atoms with E-state index in [1.165, 1.54) is 12.0 Å². The Kier molecular flexibility index (Phi) is 5.68. The molecule has 70 valence electrons. The number of hydrogen-bond donors (Lipinski definition) is 1. The Bertz CT molecular complexity index is 159. The summed E-state index contributed by atoms with van der Waals surface area (Å²) in [7, 11) is 1.87. The van der Waals surface area contributed by atoms with Gasteiger partial charge < -0.3 is 0 Å². The fourth-order valence-corrected chi connectivity index (χ4v) is 0.971. The Morgan fingerprint density at radius 3 is 2.58 bits per heavy atom. The predicted octanol–water partition coefficient (Wildman–Crippen LogP) is 2.09. The maximum Gasteiger partial charge on any atom is 0.0455 e. The molecule has 1 atom stereocenters. The highest BCUT2D eigenvalue weighted by atomic mass is 15.4. The molecular weight excluding hydrogens is 148 g/mol. The molecule has 2 heteroatoms. The van der Waals surface area contributed by atoms with Crippen LogP contribution in [0.3, 0.4) is 0 Å². The average molecular weight is 168 g/mol. The standard InChI is InChI=1S/C10H20N2/c1-5-7-8-10(6-2)9(3)12(4)11/h6,8-9H,2,5,7,11H2,1,3-4H3. The van der Waals surface area contributed by atoms with Crippen molar-refractivity contribution in [3.8, 4) is 0 Å². The number of hydrogen-bond acceptors (Lipinski definition) is 2. The zero-order valence-electron chi connectivity index (χ0n) is 8.38. The van der Waals surface area contributed by atoms with E-state index in [0.717, 1.165) is 6.42 Å². The average Bonchev–Trinajstić information content (AvgIpc) is 2.05. The van der Waals surface area contributed by atoms with Gasteiger partial charge in [-0.15, -0.1) is 0 Å². The molecule has 0 aromatic rings. The van der Waals surface area contributed by atoms with Crippen molar-refractivity contribution in [3.63, 3.8) is 0 Å². The number of rotatable bonds is 5. The Morgan fingerprint density at radius 2 is 2.25 bits per heavy atom. The van der Waals surface area contributed by atoms with E-state index in [4.69, 9.17) is 5.84 Å². The van der Waals surface area contributed by atoms with Crippen LogP contribution in [0, 0.1) is 0 Å². The Balaban J connectivity index is 4.22. The van der Waals surface area contributed by atoms with Crippen molar-refractivity contribution in [1.82, 2.24) is 5.01 Å². The van der Waals surface area contributed by atoms with E-state index in [1.807, 2.05) is 13.1 Å². The highest BCUT2D eigenvalue weighted by molar-refractivity contribution is 5.21. The van der Waals surface area contributed by atoms with Crippen LogP contribution in [0.4, 0.5) is 0 Å². The maximum atomic E-state index is 5.63. The molecule has 0 rings (SSSR count). The van der Waals surface area contributed by atoms with Gasteiger partial charge in [0, 0.05) is 13.1 Å². The molecule has 0 saturated carbocycles. The summed E-state index contributed by atoms with van der Waals surface area (Å²) >= 11 is 0. The Labute approximate surface area is 75.7 Å². The zero-order chi connectivity index (χ0) is 9.56. The largest absolute Gasteiger partial charge is 0.268 e. The van der Waals surface area contributed by atoms with E-state index in [9.17, 15) is 0 Å². The monoisotopic (exact) mass is 168 g/mol. The number of unbranched alkanes of at least 4 members (excludes halogenated alkanes) is 1. The van der Waals surface area contributed by atoms with Crippen molar-refractivity contribution in [2.45, 2.75) is 32.7 Å². The van der Waals surface area contributed by atoms with Gasteiger partial charge in [-0.2, -0.15) is 0 Å². The molecule has 0 amide bonds. The van der Waals surface area contributed by atoms with Gasteiger partial charge >= 0.3 is 0 Å². The highest BCUT2D eigenvalue weighted by Crippen LogP contribution is 2.08. The third-order valence-electron chi connectivity index (χ3n) is 2.00. The van der Waals surface area contributed by atoms with E-state index in [0.29, 0.717) is 0 Å². The van der Waals surface area contributed by atoms with Crippen LogP contribution in [-0.4, -0.2) is 18.1 Å². The van der Waals surface area contributed by atoms with Gasteiger partial charge in [-0.3, -0.25) is 5.84 Å². The quantitative estimate of drug-likeness (QED) is 0.387. The second-order valence-electron chi connectivity index (χ2n) is 3.04. The summed E-state index contributed by atoms with van der Waals surface area (Å²) in [6.45, 7) is 8.00. The number of nitrogens with zero attached hydrogens (tertiary/aromatic N) is 1. The maximum absolute atomic E-state index is 5.63. The molecule has 0 spiro atoms. The van der Waals surface area contributed by atoms with Crippen molar-refractivity contribution in [2.24, 2.45) is 5.84 Å². The smallest absolute Gasteiger partial charge is 0.0455 e. The van der Waals surface area contributed by atoms with Crippen molar-refractivity contribution in [2.75, 3.05) is 7.05 Å². The molecule has 0 radical (unpaired) electrons. The molecule has 1 unspecified atom stereocenters. The second-order valence-corrected chi connectivity index (χ2v) is 3.04. The lowest BCUT2D eigenvalue weighted by Gasteiger charge is -2.20. The lowest BCUT2D eigenvalue weighted by atomic mass is 10.1. The predicted molar refractivity (Wildman–Crippen MR) is 54.6 cm³/mol. The lowest BCUT2D eigenvalue weighted by molar-refractivity contribution is 0.300. The molecule has 0 fully saturated rings. The van der Waals surface area contributed by atoms with Crippen molar-refractivity contribution >= 4 is 0 Å². The molecule has 12 heavy (non-hydrogen) atoms. The summed E-state index contributed by atoms with van der Waals surface area (Å²) < 4.78 is 0. The highest BCUT2D eigenvalue weighted by Gasteiger charge is 2.06. The fraction of sp³-hybridized carbons (Fsp3) is 0.600. The summed E-state index contributed by atoms with van der Waals surface area (Å²) in [5.41, 5.74) is 1.21. The molecule has 0 aliphatic rings. The molecule has 0 heterocycles. The third kappa shape index (κ3) is 3.69. The van der Waals surface area contributed by atoms with E-state index in [-0.39, 0.29) is 6.04 Å². The summed E-state index contributed by atoms with van der Waals surface area (Å²) in [6, 6.07) is 0.258. The van der Waals surface area contributed by atoms with Gasteiger partial charge in [0.15, 0.2) is 0 Å². The second kappa shape index (κ2) is 5.98. The molecule has 0 aliphatic heterocycles. The molecule has 0 bridgehead atoms. The zero-order valence-corrected chi connectivity index (χ0v) is 8.38. The van der Waals surface area contributed by atoms with Gasteiger partial charge in [-0.25, -0.2) is 5.01 Å². The molecule has 0 aliphatic carbocycles. The summed E-state index contributed by atoms with van der Waals surface area (Å²) in [6.07, 6.45) is 6.34. The normalized spacial score (nSPS) is 14.9. The van der Waals surface area contributed by atoms with Gasteiger partial charge in [-0.05, 0) is 18.9 Å². The van der Waals surface area contributed by atoms with E-state index in [2.05, 4.69) is 26.5 Å². The number of likely N-dealkylation sites (N-methyl/N-ethyl adjacent to an activating group) is 1. The van der Waals surface area contributed by atoms with Gasteiger partial charge in [0.05, 0.1) is 0 Å². The van der Waals surface area contributed by atoms with Crippen LogP contribution in [0.25, 0.3) is 0 Å². The third-order valence-corrected chi connectivity index (χ3v) is 2.00. The van der Waals surface area contributed by atoms with Gasteiger partial charge in [-0.1, -0.05) is 32.1 Å². The number of allylic oxidation sites excluding steroid dienone is 1. The topological polar surface area (TPSA) is 29.3 Å². The van der Waals surface area contributed by atoms with Crippen molar-refractivity contribution in [1.29, 1.82) is 0 Å². The van der Waals surface area contributed by atoms with Crippen molar-refractivity contribution < 1.29 is 0 Å². The fourth-order valence-electron chi connectivity index (χ4n) is 0.971. The van der Waals surface area contributed by atoms with Gasteiger partial charge in [0.25, 0.3) is 0 Å². The van der Waals surface area contributed by atoms with E-state index in [1.54, 1.807) is 5.01 Å². The molecule has 2 N–H and O–H groups in total. The first kappa shape index (κ1) is 11.4. The van der Waals surface area contributed by atoms with Crippen LogP contribution in [-0.2, 0) is 0 Å². The van der Waals surface area contributed by atoms with E-state index < -0.39 is 0 Å². The van der Waals surface area contributed by atoms with Crippen LogP contribution < -0.4 is 5.84 Å². The molecule has 0 saturated heterocycles. The summed E-state index contributed by atoms with van der Waals surface area (Å²) in [5.74, 6) is 5.63. The molecule has 2 nitrogen and oxygen atoms in total. The van der Waals surface area contributed by atoms with Crippen LogP contribution in [0.5, 0.6) is 0 Å². The first-order chi connectivity index (χ1) is 5.63. The SMILES string of the molecule is C=CC(=CCCC)C(C)N(C)N. The Morgan fingerprint density at radius 1 is 1.67 bits per heavy atom. The van der Waals surface area contributed by atoms with Gasteiger partial charge in [0.1, 0.15) is 0 Å². The summed E-state index contributed by atoms with van der Waals surface area (Å²) in [4.78, 5) is 0. The minimum atomic E-state index is 0.258. The van der Waals surface area contributed by atoms with Crippen LogP contribution >= 0.6 is 0 Å². The van der Waals surface area contributed by atoms with Crippen LogP contribution in [0.2, 0.25) is 0 Å². The van der Waals surface area contributed by atoms with Gasteiger partial charge in [0.2, 0.25) is 0 Å². The van der Waals surface area contributed by atoms with Crippen LogP contribution in [0.15, 0.2) is 24.3 Å². The lowest BCUT2D eigenvalue weighted by Crippen LogP contribution is -2.36.